The van der Waals surface area contributed by atoms with Crippen LogP contribution in [0.3, 0.4) is 0 Å². The molecule has 1 aliphatic carbocycles. The van der Waals surface area contributed by atoms with Crippen LogP contribution in [-0.2, 0) is 19.8 Å². The zero-order valence-electron chi connectivity index (χ0n) is 19.1. The van der Waals surface area contributed by atoms with Gasteiger partial charge in [-0.1, -0.05) is 18.2 Å². The first-order chi connectivity index (χ1) is 16.7. The van der Waals surface area contributed by atoms with Crippen molar-refractivity contribution in [2.24, 2.45) is 7.05 Å². The molecule has 0 spiro atoms. The Balaban J connectivity index is 1.44. The van der Waals surface area contributed by atoms with Crippen LogP contribution >= 0.6 is 0 Å². The Morgan fingerprint density at radius 2 is 1.83 bits per heavy atom. The number of alkyl halides is 3. The van der Waals surface area contributed by atoms with E-state index in [1.165, 1.54) is 22.5 Å². The summed E-state index contributed by atoms with van der Waals surface area (Å²) < 4.78 is 47.7. The maximum atomic E-state index is 13.1. The van der Waals surface area contributed by atoms with E-state index in [1.54, 1.807) is 24.3 Å². The first-order valence-electron chi connectivity index (χ1n) is 11.1. The predicted octanol–water partition coefficient (Wildman–Crippen LogP) is 4.81. The quantitative estimate of drug-likeness (QED) is 0.395. The van der Waals surface area contributed by atoms with Crippen molar-refractivity contribution in [3.8, 4) is 22.7 Å². The van der Waals surface area contributed by atoms with E-state index in [0.717, 1.165) is 35.6 Å². The van der Waals surface area contributed by atoms with Crippen molar-refractivity contribution in [1.82, 2.24) is 24.8 Å². The fourth-order valence-corrected chi connectivity index (χ4v) is 4.06. The number of nitrogens with zero attached hydrogens (tertiary/aromatic N) is 5. The summed E-state index contributed by atoms with van der Waals surface area (Å²) in [5.74, 6) is 1.00. The standard InChI is InChI=1S/C25H22F3N5O2/c1-15-13-17(20-6-4-8-23(29-20)25(26,27)28)11-12-22(15)35-14-19-18(16-9-10-16)5-3-7-21(19)33-24(34)32(2)30-31-33/h3-8,11-13,16H,9-10,14H2,1-2H3. The molecule has 2 aromatic carbocycles. The van der Waals surface area contributed by atoms with Gasteiger partial charge in [0.25, 0.3) is 0 Å². The summed E-state index contributed by atoms with van der Waals surface area (Å²) in [7, 11) is 1.54. The second kappa shape index (κ2) is 8.68. The summed E-state index contributed by atoms with van der Waals surface area (Å²) in [6.45, 7) is 2.03. The molecule has 0 atom stereocenters. The molecule has 1 saturated carbocycles. The molecule has 10 heteroatoms. The van der Waals surface area contributed by atoms with Crippen molar-refractivity contribution < 1.29 is 17.9 Å². The number of hydrogen-bond acceptors (Lipinski definition) is 5. The molecule has 1 fully saturated rings. The highest BCUT2D eigenvalue weighted by atomic mass is 19.4. The Morgan fingerprint density at radius 1 is 1.06 bits per heavy atom. The number of halogens is 3. The average Bonchev–Trinajstić information content (AvgIpc) is 3.63. The third-order valence-electron chi connectivity index (χ3n) is 6.04. The van der Waals surface area contributed by atoms with Gasteiger partial charge in [0.15, 0.2) is 0 Å². The van der Waals surface area contributed by atoms with Crippen LogP contribution in [0.4, 0.5) is 13.2 Å². The van der Waals surface area contributed by atoms with Crippen LogP contribution in [-0.4, -0.2) is 24.8 Å². The second-order valence-electron chi connectivity index (χ2n) is 8.59. The highest BCUT2D eigenvalue weighted by Crippen LogP contribution is 2.43. The van der Waals surface area contributed by atoms with Crippen LogP contribution in [0.1, 0.15) is 41.1 Å². The van der Waals surface area contributed by atoms with Crippen molar-refractivity contribution in [2.75, 3.05) is 0 Å². The first kappa shape index (κ1) is 22.8. The SMILES string of the molecule is Cc1cc(-c2cccc(C(F)(F)F)n2)ccc1OCc1c(C2CC2)cccc1-n1nnn(C)c1=O. The van der Waals surface area contributed by atoms with Gasteiger partial charge in [0.1, 0.15) is 18.1 Å². The Labute approximate surface area is 198 Å². The largest absolute Gasteiger partial charge is 0.489 e. The monoisotopic (exact) mass is 481 g/mol. The van der Waals surface area contributed by atoms with Gasteiger partial charge in [0, 0.05) is 18.2 Å². The maximum absolute atomic E-state index is 13.1. The Morgan fingerprint density at radius 3 is 2.49 bits per heavy atom. The van der Waals surface area contributed by atoms with E-state index in [0.29, 0.717) is 22.9 Å². The summed E-state index contributed by atoms with van der Waals surface area (Å²) in [6, 6.07) is 14.7. The van der Waals surface area contributed by atoms with Crippen LogP contribution < -0.4 is 10.4 Å². The van der Waals surface area contributed by atoms with Gasteiger partial charge in [0.2, 0.25) is 0 Å². The molecule has 0 saturated heterocycles. The van der Waals surface area contributed by atoms with Gasteiger partial charge in [-0.15, -0.1) is 0 Å². The minimum atomic E-state index is -4.51. The molecular formula is C25H22F3N5O2. The summed E-state index contributed by atoms with van der Waals surface area (Å²) in [5, 5.41) is 7.80. The molecule has 1 aliphatic rings. The van der Waals surface area contributed by atoms with Gasteiger partial charge in [-0.2, -0.15) is 22.5 Å². The van der Waals surface area contributed by atoms with Gasteiger partial charge in [-0.3, -0.25) is 0 Å². The number of pyridine rings is 1. The number of tetrazole rings is 1. The summed E-state index contributed by atoms with van der Waals surface area (Å²) in [5.41, 5.74) is 2.86. The van der Waals surface area contributed by atoms with E-state index in [9.17, 15) is 18.0 Å². The van der Waals surface area contributed by atoms with Crippen molar-refractivity contribution in [3.05, 3.63) is 87.5 Å². The van der Waals surface area contributed by atoms with Crippen molar-refractivity contribution in [1.29, 1.82) is 0 Å². The summed E-state index contributed by atoms with van der Waals surface area (Å²) in [4.78, 5) is 16.2. The fourth-order valence-electron chi connectivity index (χ4n) is 4.06. The Kier molecular flexibility index (Phi) is 5.66. The second-order valence-corrected chi connectivity index (χ2v) is 8.59. The lowest BCUT2D eigenvalue weighted by Crippen LogP contribution is -2.23. The van der Waals surface area contributed by atoms with E-state index in [2.05, 4.69) is 15.4 Å². The molecule has 0 unspecified atom stereocenters. The number of aromatic nitrogens is 5. The van der Waals surface area contributed by atoms with Crippen molar-refractivity contribution >= 4 is 0 Å². The molecule has 0 amide bonds. The van der Waals surface area contributed by atoms with E-state index in [1.807, 2.05) is 25.1 Å². The molecule has 0 radical (unpaired) electrons. The van der Waals surface area contributed by atoms with Crippen molar-refractivity contribution in [3.63, 3.8) is 0 Å². The zero-order valence-corrected chi connectivity index (χ0v) is 19.1. The predicted molar refractivity (Wildman–Crippen MR) is 122 cm³/mol. The summed E-state index contributed by atoms with van der Waals surface area (Å²) in [6.07, 6.45) is -2.36. The molecule has 2 heterocycles. The number of benzene rings is 2. The number of ether oxygens (including phenoxy) is 1. The van der Waals surface area contributed by atoms with Gasteiger partial charge in [-0.05, 0) is 83.6 Å². The van der Waals surface area contributed by atoms with E-state index in [-0.39, 0.29) is 18.0 Å². The average molecular weight is 481 g/mol. The van der Waals surface area contributed by atoms with Gasteiger partial charge in [-0.25, -0.2) is 9.78 Å². The molecule has 4 aromatic rings. The van der Waals surface area contributed by atoms with Crippen molar-refractivity contribution in [2.45, 2.75) is 38.5 Å². The number of hydrogen-bond donors (Lipinski definition) is 0. The highest BCUT2D eigenvalue weighted by Gasteiger charge is 2.32. The maximum Gasteiger partial charge on any atom is 0.433 e. The van der Waals surface area contributed by atoms with E-state index < -0.39 is 11.9 Å². The van der Waals surface area contributed by atoms with E-state index >= 15 is 0 Å². The lowest BCUT2D eigenvalue weighted by atomic mass is 10.0. The Hall–Kier alpha value is -3.95. The molecule has 5 rings (SSSR count). The fraction of sp³-hybridized carbons (Fsp3) is 0.280. The third kappa shape index (κ3) is 4.55. The Bertz CT molecular complexity index is 1450. The van der Waals surface area contributed by atoms with Crippen LogP contribution in [0.25, 0.3) is 16.9 Å². The van der Waals surface area contributed by atoms with Gasteiger partial charge in [0.05, 0.1) is 11.4 Å². The lowest BCUT2D eigenvalue weighted by Gasteiger charge is -2.16. The van der Waals surface area contributed by atoms with Gasteiger partial charge >= 0.3 is 11.9 Å². The minimum absolute atomic E-state index is 0.201. The van der Waals surface area contributed by atoms with Crippen LogP contribution in [0, 0.1) is 6.92 Å². The first-order valence-corrected chi connectivity index (χ1v) is 11.1. The topological polar surface area (TPSA) is 74.8 Å². The van der Waals surface area contributed by atoms with E-state index in [4.69, 9.17) is 4.74 Å². The van der Waals surface area contributed by atoms with Crippen LogP contribution in [0.5, 0.6) is 5.75 Å². The molecule has 0 bridgehead atoms. The molecule has 7 nitrogen and oxygen atoms in total. The highest BCUT2D eigenvalue weighted by molar-refractivity contribution is 5.62. The third-order valence-corrected chi connectivity index (χ3v) is 6.04. The van der Waals surface area contributed by atoms with Crippen LogP contribution in [0.2, 0.25) is 0 Å². The number of rotatable bonds is 6. The minimum Gasteiger partial charge on any atom is -0.489 e. The zero-order chi connectivity index (χ0) is 24.7. The normalized spacial score (nSPS) is 13.7. The molecule has 0 aliphatic heterocycles. The van der Waals surface area contributed by atoms with Gasteiger partial charge < -0.3 is 4.74 Å². The summed E-state index contributed by atoms with van der Waals surface area (Å²) >= 11 is 0. The lowest BCUT2D eigenvalue weighted by molar-refractivity contribution is -0.141. The molecule has 180 valence electrons. The molecule has 0 N–H and O–H groups in total. The molecule has 2 aromatic heterocycles. The number of aryl methyl sites for hydroxylation is 2. The smallest absolute Gasteiger partial charge is 0.433 e. The molecule has 35 heavy (non-hydrogen) atoms. The van der Waals surface area contributed by atoms with Crippen LogP contribution in [0.15, 0.2) is 59.4 Å². The molecular weight excluding hydrogens is 459 g/mol.